The highest BCUT2D eigenvalue weighted by atomic mass is 35.5. The summed E-state index contributed by atoms with van der Waals surface area (Å²) in [7, 11) is 0. The number of hydrogen-bond acceptors (Lipinski definition) is 4. The van der Waals surface area contributed by atoms with Gasteiger partial charge in [-0.1, -0.05) is 11.6 Å². The van der Waals surface area contributed by atoms with Crippen molar-refractivity contribution in [2.75, 3.05) is 18.1 Å². The second-order valence-corrected chi connectivity index (χ2v) is 4.05. The molecular formula is C9H10ClF2N3O. The van der Waals surface area contributed by atoms with Crippen molar-refractivity contribution in [1.82, 2.24) is 9.97 Å². The van der Waals surface area contributed by atoms with Crippen LogP contribution in [0.1, 0.15) is 6.42 Å². The van der Waals surface area contributed by atoms with Crippen LogP contribution in [-0.2, 0) is 0 Å². The number of aromatic nitrogens is 2. The molecular weight excluding hydrogens is 240 g/mol. The summed E-state index contributed by atoms with van der Waals surface area (Å²) in [4.78, 5) is 8.99. The lowest BCUT2D eigenvalue weighted by Gasteiger charge is -2.23. The van der Waals surface area contributed by atoms with Crippen molar-refractivity contribution in [2.24, 2.45) is 0 Å². The van der Waals surface area contributed by atoms with E-state index in [-0.39, 0.29) is 17.6 Å². The molecule has 1 aliphatic heterocycles. The van der Waals surface area contributed by atoms with Crippen molar-refractivity contribution in [3.8, 4) is 0 Å². The molecule has 1 fully saturated rings. The first-order valence-corrected chi connectivity index (χ1v) is 5.13. The number of halogens is 3. The molecule has 0 amide bonds. The van der Waals surface area contributed by atoms with Gasteiger partial charge in [0.1, 0.15) is 0 Å². The van der Waals surface area contributed by atoms with Crippen LogP contribution in [0.2, 0.25) is 5.15 Å². The van der Waals surface area contributed by atoms with Crippen LogP contribution in [0.4, 0.5) is 14.6 Å². The van der Waals surface area contributed by atoms with Gasteiger partial charge in [-0.3, -0.25) is 0 Å². The zero-order valence-electron chi connectivity index (χ0n) is 8.28. The van der Waals surface area contributed by atoms with Gasteiger partial charge in [0, 0.05) is 18.8 Å². The predicted molar refractivity (Wildman–Crippen MR) is 54.8 cm³/mol. The molecule has 1 aromatic rings. The lowest BCUT2D eigenvalue weighted by Crippen LogP contribution is -2.33. The summed E-state index contributed by atoms with van der Waals surface area (Å²) < 4.78 is 26.4. The highest BCUT2D eigenvalue weighted by Crippen LogP contribution is 2.36. The zero-order chi connectivity index (χ0) is 11.8. The lowest BCUT2D eigenvalue weighted by molar-refractivity contribution is 0.0201. The number of rotatable bonds is 2. The van der Waals surface area contributed by atoms with Crippen LogP contribution in [-0.4, -0.2) is 40.2 Å². The van der Waals surface area contributed by atoms with E-state index in [0.29, 0.717) is 0 Å². The van der Waals surface area contributed by atoms with Crippen LogP contribution >= 0.6 is 11.6 Å². The predicted octanol–water partition coefficient (Wildman–Crippen LogP) is 1.34. The summed E-state index contributed by atoms with van der Waals surface area (Å²) in [6.07, 6.45) is 2.37. The molecule has 88 valence electrons. The van der Waals surface area contributed by atoms with Crippen molar-refractivity contribution < 1.29 is 13.9 Å². The van der Waals surface area contributed by atoms with E-state index in [1.165, 1.54) is 17.3 Å². The van der Waals surface area contributed by atoms with Crippen molar-refractivity contribution in [1.29, 1.82) is 0 Å². The molecule has 0 aliphatic carbocycles. The maximum absolute atomic E-state index is 13.2. The second kappa shape index (κ2) is 4.10. The smallest absolute Gasteiger partial charge is 0.267 e. The van der Waals surface area contributed by atoms with Crippen molar-refractivity contribution in [2.45, 2.75) is 18.4 Å². The van der Waals surface area contributed by atoms with Gasteiger partial charge in [-0.15, -0.1) is 0 Å². The first kappa shape index (κ1) is 11.5. The highest BCUT2D eigenvalue weighted by molar-refractivity contribution is 6.31. The van der Waals surface area contributed by atoms with Gasteiger partial charge in [-0.05, 0) is 0 Å². The number of aliphatic hydroxyl groups is 1. The van der Waals surface area contributed by atoms with Gasteiger partial charge in [-0.25, -0.2) is 18.7 Å². The van der Waals surface area contributed by atoms with E-state index in [0.717, 1.165) is 0 Å². The Morgan fingerprint density at radius 2 is 2.19 bits per heavy atom. The SMILES string of the molecule is OC[C@H]1CC(F)(F)CN1c1nccnc1Cl. The van der Waals surface area contributed by atoms with Gasteiger partial charge in [0.2, 0.25) is 0 Å². The first-order chi connectivity index (χ1) is 7.53. The molecule has 1 N–H and O–H groups in total. The van der Waals surface area contributed by atoms with E-state index in [1.807, 2.05) is 0 Å². The van der Waals surface area contributed by atoms with Crippen LogP contribution in [0.15, 0.2) is 12.4 Å². The van der Waals surface area contributed by atoms with Crippen molar-refractivity contribution in [3.05, 3.63) is 17.5 Å². The normalized spacial score (nSPS) is 23.8. The Morgan fingerprint density at radius 1 is 1.50 bits per heavy atom. The van der Waals surface area contributed by atoms with E-state index < -0.39 is 24.9 Å². The Balaban J connectivity index is 2.30. The monoisotopic (exact) mass is 249 g/mol. The molecule has 0 aromatic carbocycles. The average Bonchev–Trinajstić information content (AvgIpc) is 2.54. The van der Waals surface area contributed by atoms with Crippen LogP contribution in [0.5, 0.6) is 0 Å². The summed E-state index contributed by atoms with van der Waals surface area (Å²) in [6, 6.07) is -0.663. The summed E-state index contributed by atoms with van der Waals surface area (Å²) in [5.41, 5.74) is 0. The molecule has 2 rings (SSSR count). The molecule has 0 bridgehead atoms. The molecule has 7 heteroatoms. The second-order valence-electron chi connectivity index (χ2n) is 3.70. The van der Waals surface area contributed by atoms with Crippen molar-refractivity contribution >= 4 is 17.4 Å². The third-order valence-electron chi connectivity index (χ3n) is 2.50. The van der Waals surface area contributed by atoms with Crippen LogP contribution in [0, 0.1) is 0 Å². The molecule has 1 aliphatic rings. The van der Waals surface area contributed by atoms with E-state index in [4.69, 9.17) is 16.7 Å². The maximum Gasteiger partial charge on any atom is 0.267 e. The molecule has 0 spiro atoms. The average molecular weight is 250 g/mol. The van der Waals surface area contributed by atoms with Crippen molar-refractivity contribution in [3.63, 3.8) is 0 Å². The first-order valence-electron chi connectivity index (χ1n) is 4.75. The van der Waals surface area contributed by atoms with E-state index in [2.05, 4.69) is 9.97 Å². The highest BCUT2D eigenvalue weighted by Gasteiger charge is 2.45. The fourth-order valence-corrected chi connectivity index (χ4v) is 2.03. The third kappa shape index (κ3) is 2.08. The van der Waals surface area contributed by atoms with E-state index in [9.17, 15) is 8.78 Å². The molecule has 4 nitrogen and oxygen atoms in total. The lowest BCUT2D eigenvalue weighted by atomic mass is 10.2. The number of hydrogen-bond donors (Lipinski definition) is 1. The largest absolute Gasteiger partial charge is 0.394 e. The Bertz CT molecular complexity index is 391. The van der Waals surface area contributed by atoms with Crippen LogP contribution < -0.4 is 4.90 Å². The summed E-state index contributed by atoms with van der Waals surface area (Å²) >= 11 is 5.78. The number of aliphatic hydroxyl groups excluding tert-OH is 1. The molecule has 1 saturated heterocycles. The molecule has 2 heterocycles. The van der Waals surface area contributed by atoms with Crippen LogP contribution in [0.3, 0.4) is 0 Å². The molecule has 1 aromatic heterocycles. The minimum absolute atomic E-state index is 0.0682. The molecule has 1 atom stereocenters. The fraction of sp³-hybridized carbons (Fsp3) is 0.556. The number of alkyl halides is 2. The Hall–Kier alpha value is -1.01. The number of anilines is 1. The minimum Gasteiger partial charge on any atom is -0.394 e. The quantitative estimate of drug-likeness (QED) is 0.859. The van der Waals surface area contributed by atoms with Gasteiger partial charge in [-0.2, -0.15) is 0 Å². The van der Waals surface area contributed by atoms with Gasteiger partial charge in [0.25, 0.3) is 5.92 Å². The maximum atomic E-state index is 13.2. The summed E-state index contributed by atoms with van der Waals surface area (Å²) in [5.74, 6) is -2.63. The van der Waals surface area contributed by atoms with Gasteiger partial charge in [0.05, 0.1) is 19.2 Å². The molecule has 16 heavy (non-hydrogen) atoms. The standard InChI is InChI=1S/C9H10ClF2N3O/c10-7-8(14-2-1-13-7)15-5-9(11,12)3-6(15)4-16/h1-2,6,16H,3-5H2/t6-/m1/s1. The molecule has 0 saturated carbocycles. The Morgan fingerprint density at radius 3 is 2.81 bits per heavy atom. The summed E-state index contributed by atoms with van der Waals surface area (Å²) in [5, 5.41) is 9.12. The molecule has 0 unspecified atom stereocenters. The Labute approximate surface area is 95.9 Å². The fourth-order valence-electron chi connectivity index (χ4n) is 1.82. The van der Waals surface area contributed by atoms with Gasteiger partial charge >= 0.3 is 0 Å². The van der Waals surface area contributed by atoms with Crippen LogP contribution in [0.25, 0.3) is 0 Å². The summed E-state index contributed by atoms with van der Waals surface area (Å²) in [6.45, 7) is -0.848. The van der Waals surface area contributed by atoms with Gasteiger partial charge < -0.3 is 10.0 Å². The third-order valence-corrected chi connectivity index (χ3v) is 2.76. The Kier molecular flexibility index (Phi) is 2.94. The van der Waals surface area contributed by atoms with E-state index >= 15 is 0 Å². The van der Waals surface area contributed by atoms with E-state index in [1.54, 1.807) is 0 Å². The van der Waals surface area contributed by atoms with Gasteiger partial charge in [0.15, 0.2) is 11.0 Å². The topological polar surface area (TPSA) is 49.2 Å². The number of nitrogens with zero attached hydrogens (tertiary/aromatic N) is 3. The minimum atomic E-state index is -2.83. The molecule has 0 radical (unpaired) electrons. The zero-order valence-corrected chi connectivity index (χ0v) is 9.03.